The average Bonchev–Trinajstić information content (AvgIpc) is 3.22. The Hall–Kier alpha value is -4.11. The van der Waals surface area contributed by atoms with E-state index < -0.39 is 32.5 Å². The maximum atomic E-state index is 12.5. The van der Waals surface area contributed by atoms with Crippen LogP contribution < -0.4 is 10.6 Å². The summed E-state index contributed by atoms with van der Waals surface area (Å²) in [7, 11) is -4.64. The van der Waals surface area contributed by atoms with Crippen LogP contribution in [0.2, 0.25) is 0 Å². The molecular formula is C49H74NO8P. The zero-order valence-electron chi connectivity index (χ0n) is 36.0. The molecule has 0 aliphatic rings. The fraction of sp³-hybridized carbons (Fsp3) is 0.469. The van der Waals surface area contributed by atoms with Gasteiger partial charge in [0.2, 0.25) is 0 Å². The number of rotatable bonds is 37. The van der Waals surface area contributed by atoms with Gasteiger partial charge < -0.3 is 29.1 Å². The van der Waals surface area contributed by atoms with Crippen molar-refractivity contribution < 1.29 is 43.3 Å². The second kappa shape index (κ2) is 43.5. The maximum Gasteiger partial charge on any atom is 0.306 e. The maximum absolute atomic E-state index is 12.5. The van der Waals surface area contributed by atoms with Gasteiger partial charge in [-0.2, -0.15) is 0 Å². The molecule has 0 rings (SSSR count). The predicted octanol–water partition coefficient (Wildman–Crippen LogP) is 11.1. The molecule has 0 aromatic heterocycles. The van der Waals surface area contributed by atoms with Crippen LogP contribution >= 0.6 is 7.82 Å². The molecule has 0 saturated heterocycles. The molecule has 0 heterocycles. The smallest absolute Gasteiger partial charge is 0.306 e. The second-order valence-electron chi connectivity index (χ2n) is 13.1. The van der Waals surface area contributed by atoms with Crippen LogP contribution in [0.1, 0.15) is 117 Å². The molecule has 0 saturated carbocycles. The van der Waals surface area contributed by atoms with Gasteiger partial charge in [0.25, 0.3) is 7.82 Å². The molecule has 0 radical (unpaired) electrons. The van der Waals surface area contributed by atoms with Gasteiger partial charge in [-0.3, -0.25) is 14.2 Å². The van der Waals surface area contributed by atoms with Crippen molar-refractivity contribution in [1.82, 2.24) is 0 Å². The fourth-order valence-corrected chi connectivity index (χ4v) is 5.46. The highest BCUT2D eigenvalue weighted by Crippen LogP contribution is 2.38. The van der Waals surface area contributed by atoms with Crippen molar-refractivity contribution in [3.63, 3.8) is 0 Å². The van der Waals surface area contributed by atoms with Crippen LogP contribution in [0.15, 0.2) is 146 Å². The third-order valence-electron chi connectivity index (χ3n) is 7.76. The number of hydrogen-bond acceptors (Lipinski definition) is 8. The zero-order chi connectivity index (χ0) is 43.2. The normalized spacial score (nSPS) is 14.7. The van der Waals surface area contributed by atoms with E-state index in [1.54, 1.807) is 0 Å². The molecule has 0 spiro atoms. The van der Waals surface area contributed by atoms with E-state index in [2.05, 4.69) is 141 Å². The summed E-state index contributed by atoms with van der Waals surface area (Å²) < 4.78 is 32.3. The number of phosphoric acid groups is 1. The van der Waals surface area contributed by atoms with Crippen molar-refractivity contribution in [2.45, 2.75) is 123 Å². The van der Waals surface area contributed by atoms with Crippen LogP contribution in [0.5, 0.6) is 0 Å². The number of quaternary nitrogens is 1. The summed E-state index contributed by atoms with van der Waals surface area (Å²) in [6.45, 7) is 3.48. The van der Waals surface area contributed by atoms with E-state index in [-0.39, 0.29) is 32.6 Å². The number of allylic oxidation sites excluding steroid dienone is 24. The highest BCUT2D eigenvalue weighted by molar-refractivity contribution is 7.45. The first-order valence-electron chi connectivity index (χ1n) is 21.4. The molecule has 59 heavy (non-hydrogen) atoms. The van der Waals surface area contributed by atoms with Crippen LogP contribution in [0, 0.1) is 0 Å². The molecule has 2 atom stereocenters. The van der Waals surface area contributed by atoms with Crippen LogP contribution in [0.3, 0.4) is 0 Å². The molecule has 3 N–H and O–H groups in total. The van der Waals surface area contributed by atoms with E-state index in [1.165, 1.54) is 0 Å². The summed E-state index contributed by atoms with van der Waals surface area (Å²) in [4.78, 5) is 37.0. The SMILES string of the molecule is CC/C=C\C/C=C\C/C=C\C/C=C\C/C=C\C/C=C\CCC(=O)OC[C@H](COP(=O)([O-])OCC[NH3+])OC(=O)CC/C=C\C/C=C\C/C=C\C/C=C\C/C=C\C/C=C\CC. The highest BCUT2D eigenvalue weighted by atomic mass is 31.2. The third-order valence-corrected chi connectivity index (χ3v) is 8.73. The summed E-state index contributed by atoms with van der Waals surface area (Å²) >= 11 is 0. The first-order chi connectivity index (χ1) is 28.8. The van der Waals surface area contributed by atoms with Crippen molar-refractivity contribution in [3.8, 4) is 0 Å². The summed E-state index contributed by atoms with van der Waals surface area (Å²) in [6, 6.07) is 0. The standard InChI is InChI=1S/C49H74NO8P/c1-3-5-7-9-11-13-15-17-19-21-23-25-27-29-31-33-35-37-39-41-48(51)55-45-47(46-57-59(53,54)56-44-43-50)58-49(52)42-40-38-36-34-32-30-28-26-24-22-20-18-16-14-12-10-8-6-4-2/h5-8,11-14,17-20,23-26,29-32,35-38,47H,3-4,9-10,15-16,21-22,27-28,33-34,39-46,50H2,1-2H3,(H,53,54)/b7-5-,8-6-,13-11-,14-12-,19-17-,20-18-,25-23-,26-24-,31-29-,32-30-,37-35-,38-36-/t47-/m1/s1. The molecule has 0 aromatic rings. The van der Waals surface area contributed by atoms with Gasteiger partial charge in [0, 0.05) is 12.8 Å². The van der Waals surface area contributed by atoms with Crippen molar-refractivity contribution in [2.24, 2.45) is 0 Å². The van der Waals surface area contributed by atoms with Crippen molar-refractivity contribution in [1.29, 1.82) is 0 Å². The van der Waals surface area contributed by atoms with E-state index in [9.17, 15) is 19.0 Å². The predicted molar refractivity (Wildman–Crippen MR) is 243 cm³/mol. The topological polar surface area (TPSA) is 139 Å². The Kier molecular flexibility index (Phi) is 40.4. The highest BCUT2D eigenvalue weighted by Gasteiger charge is 2.20. The summed E-state index contributed by atoms with van der Waals surface area (Å²) in [5, 5.41) is 0. The van der Waals surface area contributed by atoms with Crippen molar-refractivity contribution >= 4 is 19.8 Å². The van der Waals surface area contributed by atoms with Crippen LogP contribution in [0.4, 0.5) is 0 Å². The van der Waals surface area contributed by atoms with E-state index >= 15 is 0 Å². The first-order valence-corrected chi connectivity index (χ1v) is 22.8. The van der Waals surface area contributed by atoms with Crippen LogP contribution in [-0.2, 0) is 32.7 Å². The largest absolute Gasteiger partial charge is 0.756 e. The van der Waals surface area contributed by atoms with Gasteiger partial charge in [0.05, 0.1) is 13.2 Å². The molecule has 0 aromatic carbocycles. The molecule has 0 bridgehead atoms. The lowest BCUT2D eigenvalue weighted by Gasteiger charge is -2.25. The van der Waals surface area contributed by atoms with Gasteiger partial charge in [-0.1, -0.05) is 160 Å². The summed E-state index contributed by atoms with van der Waals surface area (Å²) in [6.07, 6.45) is 61.9. The van der Waals surface area contributed by atoms with Gasteiger partial charge in [0.15, 0.2) is 6.10 Å². The number of esters is 2. The number of ether oxygens (including phenoxy) is 2. The number of hydrogen-bond donors (Lipinski definition) is 1. The second-order valence-corrected chi connectivity index (χ2v) is 14.5. The Labute approximate surface area is 356 Å². The molecule has 1 unspecified atom stereocenters. The first kappa shape index (κ1) is 54.9. The third kappa shape index (κ3) is 43.3. The lowest BCUT2D eigenvalue weighted by molar-refractivity contribution is -0.373. The molecule has 0 amide bonds. The molecule has 0 fully saturated rings. The zero-order valence-corrected chi connectivity index (χ0v) is 36.9. The van der Waals surface area contributed by atoms with E-state index in [0.29, 0.717) is 12.8 Å². The Bertz CT molecular complexity index is 1460. The Balaban J connectivity index is 4.45. The van der Waals surface area contributed by atoms with Gasteiger partial charge in [-0.25, -0.2) is 0 Å². The quantitative estimate of drug-likeness (QED) is 0.0371. The lowest BCUT2D eigenvalue weighted by atomic mass is 10.2. The summed E-state index contributed by atoms with van der Waals surface area (Å²) in [5.41, 5.74) is 3.54. The summed E-state index contributed by atoms with van der Waals surface area (Å²) in [5.74, 6) is -1.06. The minimum Gasteiger partial charge on any atom is -0.756 e. The molecular weight excluding hydrogens is 762 g/mol. The minimum absolute atomic E-state index is 0.0718. The van der Waals surface area contributed by atoms with Gasteiger partial charge in [-0.15, -0.1) is 0 Å². The Morgan fingerprint density at radius 3 is 1.15 bits per heavy atom. The van der Waals surface area contributed by atoms with Crippen LogP contribution in [-0.4, -0.2) is 44.4 Å². The van der Waals surface area contributed by atoms with Gasteiger partial charge in [-0.05, 0) is 89.9 Å². The fourth-order valence-electron chi connectivity index (χ4n) is 4.69. The van der Waals surface area contributed by atoms with Gasteiger partial charge in [0.1, 0.15) is 13.2 Å². The van der Waals surface area contributed by atoms with Crippen molar-refractivity contribution in [3.05, 3.63) is 146 Å². The Morgan fingerprint density at radius 1 is 0.492 bits per heavy atom. The lowest BCUT2D eigenvalue weighted by Crippen LogP contribution is -2.52. The van der Waals surface area contributed by atoms with Crippen molar-refractivity contribution in [2.75, 3.05) is 26.4 Å². The molecule has 0 aliphatic carbocycles. The molecule has 0 aliphatic heterocycles. The monoisotopic (exact) mass is 836 g/mol. The van der Waals surface area contributed by atoms with Gasteiger partial charge >= 0.3 is 11.9 Å². The number of carbonyl (C=O) groups is 2. The minimum atomic E-state index is -4.64. The molecule has 328 valence electrons. The van der Waals surface area contributed by atoms with Crippen LogP contribution in [0.25, 0.3) is 0 Å². The Morgan fingerprint density at radius 2 is 0.814 bits per heavy atom. The van der Waals surface area contributed by atoms with E-state index in [4.69, 9.17) is 18.5 Å². The number of carbonyl (C=O) groups excluding carboxylic acids is 2. The number of phosphoric ester groups is 1. The average molecular weight is 836 g/mol. The molecule has 10 heteroatoms. The van der Waals surface area contributed by atoms with E-state index in [1.807, 2.05) is 24.3 Å². The molecule has 9 nitrogen and oxygen atoms in total. The van der Waals surface area contributed by atoms with E-state index in [0.717, 1.165) is 77.0 Å².